The fraction of sp³-hybridized carbons (Fsp3) is 0.435. The lowest BCUT2D eigenvalue weighted by molar-refractivity contribution is -0.384. The molecule has 0 aliphatic carbocycles. The van der Waals surface area contributed by atoms with Crippen molar-refractivity contribution in [1.82, 2.24) is 4.90 Å². The summed E-state index contributed by atoms with van der Waals surface area (Å²) >= 11 is 0. The Kier molecular flexibility index (Phi) is 6.75. The quantitative estimate of drug-likeness (QED) is 0.522. The summed E-state index contributed by atoms with van der Waals surface area (Å²) in [6.07, 6.45) is 0.819. The molecule has 2 fully saturated rings. The highest BCUT2D eigenvalue weighted by atomic mass is 16.6. The van der Waals surface area contributed by atoms with Gasteiger partial charge in [0.2, 0.25) is 0 Å². The molecule has 2 heterocycles. The zero-order valence-electron chi connectivity index (χ0n) is 18.2. The minimum atomic E-state index is -0.451. The Labute approximate surface area is 187 Å². The lowest BCUT2D eigenvalue weighted by Crippen LogP contribution is -2.39. The monoisotopic (exact) mass is 440 g/mol. The van der Waals surface area contributed by atoms with Gasteiger partial charge in [-0.2, -0.15) is 0 Å². The molecule has 0 saturated carbocycles. The Bertz CT molecular complexity index is 959. The summed E-state index contributed by atoms with van der Waals surface area (Å²) in [7, 11) is 1.64. The van der Waals surface area contributed by atoms with E-state index in [1.165, 1.54) is 12.1 Å². The Morgan fingerprint density at radius 2 is 1.72 bits per heavy atom. The summed E-state index contributed by atoms with van der Waals surface area (Å²) in [4.78, 5) is 30.6. The predicted octanol–water partition coefficient (Wildman–Crippen LogP) is 2.79. The average Bonchev–Trinajstić information content (AvgIpc) is 3.10. The van der Waals surface area contributed by atoms with Crippen LogP contribution in [0.2, 0.25) is 0 Å². The Hall–Kier alpha value is -3.33. The van der Waals surface area contributed by atoms with Gasteiger partial charge < -0.3 is 24.2 Å². The summed E-state index contributed by atoms with van der Waals surface area (Å²) in [5.41, 5.74) is 2.14. The van der Waals surface area contributed by atoms with Gasteiger partial charge >= 0.3 is 0 Å². The molecular formula is C23H28N4O5. The zero-order chi connectivity index (χ0) is 22.5. The smallest absolute Gasteiger partial charge is 0.270 e. The summed E-state index contributed by atoms with van der Waals surface area (Å²) in [6, 6.07) is 12.5. The van der Waals surface area contributed by atoms with E-state index >= 15 is 0 Å². The van der Waals surface area contributed by atoms with E-state index in [2.05, 4.69) is 9.80 Å². The second-order valence-corrected chi connectivity index (χ2v) is 7.89. The third kappa shape index (κ3) is 4.77. The second kappa shape index (κ2) is 9.86. The highest BCUT2D eigenvalue weighted by Gasteiger charge is 2.27. The number of nitrogens with zero attached hydrogens (tertiary/aromatic N) is 4. The summed E-state index contributed by atoms with van der Waals surface area (Å²) in [5.74, 6) is 0.647. The number of carbonyl (C=O) groups excluding carboxylic acids is 1. The number of hydrogen-bond donors (Lipinski definition) is 0. The molecule has 0 radical (unpaired) electrons. The van der Waals surface area contributed by atoms with E-state index in [-0.39, 0.29) is 11.6 Å². The summed E-state index contributed by atoms with van der Waals surface area (Å²) in [6.45, 7) is 5.15. The number of nitro groups is 1. The fourth-order valence-electron chi connectivity index (χ4n) is 4.23. The Morgan fingerprint density at radius 1 is 0.969 bits per heavy atom. The van der Waals surface area contributed by atoms with E-state index < -0.39 is 4.92 Å². The van der Waals surface area contributed by atoms with Crippen LogP contribution in [0.1, 0.15) is 16.8 Å². The summed E-state index contributed by atoms with van der Waals surface area (Å²) in [5, 5.41) is 11.4. The van der Waals surface area contributed by atoms with E-state index in [1.807, 2.05) is 29.2 Å². The third-order valence-electron chi connectivity index (χ3n) is 5.99. The van der Waals surface area contributed by atoms with Crippen molar-refractivity contribution in [3.8, 4) is 5.75 Å². The molecule has 0 spiro atoms. The molecule has 0 atom stereocenters. The molecule has 170 valence electrons. The molecule has 2 aliphatic heterocycles. The van der Waals surface area contributed by atoms with Gasteiger partial charge in [0.05, 0.1) is 36.5 Å². The fourth-order valence-corrected chi connectivity index (χ4v) is 4.23. The maximum atomic E-state index is 13.5. The lowest BCUT2D eigenvalue weighted by Gasteiger charge is -2.31. The molecule has 1 amide bonds. The standard InChI is InChI=1S/C23H28N4O5/c1-31-20-6-3-18(4-7-20)24-9-2-10-26(12-11-24)23(28)21-17-19(27(29)30)5-8-22(21)25-13-15-32-16-14-25/h3-8,17H,2,9-16H2,1H3. The summed E-state index contributed by atoms with van der Waals surface area (Å²) < 4.78 is 10.7. The first-order valence-corrected chi connectivity index (χ1v) is 10.9. The molecule has 9 heteroatoms. The van der Waals surface area contributed by atoms with Crippen molar-refractivity contribution in [2.24, 2.45) is 0 Å². The van der Waals surface area contributed by atoms with Gasteiger partial charge in [-0.15, -0.1) is 0 Å². The van der Waals surface area contributed by atoms with Crippen molar-refractivity contribution in [2.45, 2.75) is 6.42 Å². The van der Waals surface area contributed by atoms with Gasteiger partial charge in [-0.25, -0.2) is 0 Å². The third-order valence-corrected chi connectivity index (χ3v) is 5.99. The molecule has 0 aromatic heterocycles. The highest BCUT2D eigenvalue weighted by molar-refractivity contribution is 6.00. The van der Waals surface area contributed by atoms with Crippen molar-refractivity contribution >= 4 is 23.0 Å². The Morgan fingerprint density at radius 3 is 2.41 bits per heavy atom. The molecule has 4 rings (SSSR count). The van der Waals surface area contributed by atoms with Crippen molar-refractivity contribution < 1.29 is 19.2 Å². The molecule has 0 unspecified atom stereocenters. The first-order valence-electron chi connectivity index (χ1n) is 10.9. The second-order valence-electron chi connectivity index (χ2n) is 7.89. The number of rotatable bonds is 5. The maximum absolute atomic E-state index is 13.5. The topological polar surface area (TPSA) is 88.4 Å². The predicted molar refractivity (Wildman–Crippen MR) is 122 cm³/mol. The first-order chi connectivity index (χ1) is 15.6. The number of morpholine rings is 1. The van der Waals surface area contributed by atoms with Crippen LogP contribution < -0.4 is 14.5 Å². The van der Waals surface area contributed by atoms with Crippen LogP contribution in [0.15, 0.2) is 42.5 Å². The first kappa shape index (κ1) is 21.9. The van der Waals surface area contributed by atoms with Gasteiger partial charge in [0.25, 0.3) is 11.6 Å². The number of hydrogen-bond acceptors (Lipinski definition) is 7. The molecule has 32 heavy (non-hydrogen) atoms. The number of ether oxygens (including phenoxy) is 2. The molecular weight excluding hydrogens is 412 g/mol. The normalized spacial score (nSPS) is 17.1. The van der Waals surface area contributed by atoms with Gasteiger partial charge in [-0.1, -0.05) is 0 Å². The van der Waals surface area contributed by atoms with Gasteiger partial charge in [-0.3, -0.25) is 14.9 Å². The van der Waals surface area contributed by atoms with Crippen LogP contribution in [0.3, 0.4) is 0 Å². The number of benzene rings is 2. The van der Waals surface area contributed by atoms with Crippen molar-refractivity contribution in [3.05, 3.63) is 58.1 Å². The van der Waals surface area contributed by atoms with Crippen LogP contribution in [-0.4, -0.2) is 75.3 Å². The van der Waals surface area contributed by atoms with E-state index in [0.717, 1.165) is 30.1 Å². The van der Waals surface area contributed by atoms with Gasteiger partial charge in [-0.05, 0) is 36.8 Å². The molecule has 0 N–H and O–H groups in total. The van der Waals surface area contributed by atoms with Gasteiger partial charge in [0.1, 0.15) is 5.75 Å². The van der Waals surface area contributed by atoms with Crippen LogP contribution in [-0.2, 0) is 4.74 Å². The molecule has 2 aliphatic rings. The van der Waals surface area contributed by atoms with Gasteiger partial charge in [0, 0.05) is 57.1 Å². The van der Waals surface area contributed by atoms with Crippen LogP contribution in [0, 0.1) is 10.1 Å². The van der Waals surface area contributed by atoms with Crippen molar-refractivity contribution in [2.75, 3.05) is 69.4 Å². The van der Waals surface area contributed by atoms with E-state index in [1.54, 1.807) is 13.2 Å². The number of anilines is 2. The molecule has 2 aromatic carbocycles. The molecule has 2 aromatic rings. The Balaban J connectivity index is 1.53. The average molecular weight is 441 g/mol. The molecule has 2 saturated heterocycles. The van der Waals surface area contributed by atoms with Crippen LogP contribution in [0.25, 0.3) is 0 Å². The minimum Gasteiger partial charge on any atom is -0.497 e. The molecule has 0 bridgehead atoms. The van der Waals surface area contributed by atoms with Gasteiger partial charge in [0.15, 0.2) is 0 Å². The number of carbonyl (C=O) groups is 1. The van der Waals surface area contributed by atoms with Crippen molar-refractivity contribution in [3.63, 3.8) is 0 Å². The highest BCUT2D eigenvalue weighted by Crippen LogP contribution is 2.28. The number of amides is 1. The van der Waals surface area contributed by atoms with E-state index in [9.17, 15) is 14.9 Å². The SMILES string of the molecule is COc1ccc(N2CCCN(C(=O)c3cc([N+](=O)[O-])ccc3N3CCOCC3)CC2)cc1. The zero-order valence-corrected chi connectivity index (χ0v) is 18.2. The number of methoxy groups -OCH3 is 1. The lowest BCUT2D eigenvalue weighted by atomic mass is 10.1. The van der Waals surface area contributed by atoms with E-state index in [4.69, 9.17) is 9.47 Å². The number of nitro benzene ring substituents is 1. The van der Waals surface area contributed by atoms with Crippen molar-refractivity contribution in [1.29, 1.82) is 0 Å². The van der Waals surface area contributed by atoms with Crippen LogP contribution in [0.5, 0.6) is 5.75 Å². The minimum absolute atomic E-state index is 0.0694. The number of non-ortho nitro benzene ring substituents is 1. The molecule has 9 nitrogen and oxygen atoms in total. The maximum Gasteiger partial charge on any atom is 0.270 e. The largest absolute Gasteiger partial charge is 0.497 e. The van der Waals surface area contributed by atoms with Crippen LogP contribution in [0.4, 0.5) is 17.1 Å². The van der Waals surface area contributed by atoms with Crippen LogP contribution >= 0.6 is 0 Å². The van der Waals surface area contributed by atoms with E-state index in [0.29, 0.717) is 51.5 Å².